The van der Waals surface area contributed by atoms with Crippen LogP contribution < -0.4 is 20.5 Å². The van der Waals surface area contributed by atoms with E-state index < -0.39 is 5.82 Å². The van der Waals surface area contributed by atoms with Gasteiger partial charge in [0.25, 0.3) is 0 Å². The largest absolute Gasteiger partial charge is 0.493 e. The van der Waals surface area contributed by atoms with Crippen LogP contribution in [0.4, 0.5) is 15.9 Å². The maximum Gasteiger partial charge on any atom is 0.162 e. The molecule has 0 unspecified atom stereocenters. The van der Waals surface area contributed by atoms with Gasteiger partial charge in [-0.3, -0.25) is 0 Å². The summed E-state index contributed by atoms with van der Waals surface area (Å²) in [5, 5.41) is 3.89. The van der Waals surface area contributed by atoms with Crippen LogP contribution in [-0.2, 0) is 0 Å². The van der Waals surface area contributed by atoms with E-state index in [0.29, 0.717) is 41.7 Å². The summed E-state index contributed by atoms with van der Waals surface area (Å²) in [5.41, 5.74) is 6.80. The number of nitrogens with one attached hydrogen (secondary N) is 1. The summed E-state index contributed by atoms with van der Waals surface area (Å²) in [6.07, 6.45) is 2.16. The Morgan fingerprint density at radius 1 is 1.19 bits per heavy atom. The zero-order chi connectivity index (χ0) is 18.5. The van der Waals surface area contributed by atoms with Gasteiger partial charge in [-0.15, -0.1) is 0 Å². The molecule has 3 N–H and O–H groups in total. The standard InChI is InChI=1S/C18H18ClFN4O2/c1-25-16-9-15-12(8-17(16)26-6-2-5-21)18(23-10-22-15)24-11-3-4-14(20)13(19)7-11/h3-4,7-10H,2,5-6,21H2,1H3,(H,22,23,24). The molecule has 0 aliphatic carbocycles. The maximum atomic E-state index is 13.3. The van der Waals surface area contributed by atoms with Gasteiger partial charge in [0.15, 0.2) is 11.5 Å². The molecule has 8 heteroatoms. The van der Waals surface area contributed by atoms with Crippen LogP contribution in [-0.4, -0.2) is 30.2 Å². The van der Waals surface area contributed by atoms with Gasteiger partial charge in [-0.05, 0) is 37.2 Å². The lowest BCUT2D eigenvalue weighted by molar-refractivity contribution is 0.292. The van der Waals surface area contributed by atoms with Crippen molar-refractivity contribution in [2.75, 3.05) is 25.6 Å². The minimum Gasteiger partial charge on any atom is -0.493 e. The molecule has 6 nitrogen and oxygen atoms in total. The lowest BCUT2D eigenvalue weighted by atomic mass is 10.2. The Morgan fingerprint density at radius 3 is 2.77 bits per heavy atom. The molecule has 3 rings (SSSR count). The minimum atomic E-state index is -0.481. The molecule has 1 aromatic heterocycles. The molecule has 136 valence electrons. The molecule has 26 heavy (non-hydrogen) atoms. The highest BCUT2D eigenvalue weighted by Gasteiger charge is 2.12. The van der Waals surface area contributed by atoms with Crippen LogP contribution in [0.15, 0.2) is 36.7 Å². The van der Waals surface area contributed by atoms with Crippen molar-refractivity contribution >= 4 is 34.0 Å². The van der Waals surface area contributed by atoms with Crippen molar-refractivity contribution in [1.29, 1.82) is 0 Å². The summed E-state index contributed by atoms with van der Waals surface area (Å²) in [6, 6.07) is 7.94. The van der Waals surface area contributed by atoms with Crippen LogP contribution in [0.2, 0.25) is 5.02 Å². The van der Waals surface area contributed by atoms with Gasteiger partial charge in [0, 0.05) is 17.1 Å². The van der Waals surface area contributed by atoms with Gasteiger partial charge >= 0.3 is 0 Å². The number of hydrogen-bond donors (Lipinski definition) is 2. The Hall–Kier alpha value is -2.64. The molecular weight excluding hydrogens is 359 g/mol. The van der Waals surface area contributed by atoms with Gasteiger partial charge in [0.1, 0.15) is 18.0 Å². The number of halogens is 2. The Bertz CT molecular complexity index is 923. The molecule has 1 heterocycles. The van der Waals surface area contributed by atoms with E-state index in [9.17, 15) is 4.39 Å². The number of ether oxygens (including phenoxy) is 2. The smallest absolute Gasteiger partial charge is 0.162 e. The third-order valence-electron chi connectivity index (χ3n) is 3.71. The normalized spacial score (nSPS) is 10.8. The van der Waals surface area contributed by atoms with E-state index in [-0.39, 0.29) is 5.02 Å². The first-order chi connectivity index (χ1) is 12.6. The third-order valence-corrected chi connectivity index (χ3v) is 4.00. The molecule has 0 spiro atoms. The lowest BCUT2D eigenvalue weighted by Crippen LogP contribution is -2.07. The van der Waals surface area contributed by atoms with E-state index in [1.165, 1.54) is 18.5 Å². The summed E-state index contributed by atoms with van der Waals surface area (Å²) < 4.78 is 24.5. The first-order valence-electron chi connectivity index (χ1n) is 8.00. The molecule has 0 saturated heterocycles. The first-order valence-corrected chi connectivity index (χ1v) is 8.38. The monoisotopic (exact) mass is 376 g/mol. The molecule has 0 fully saturated rings. The molecule has 0 atom stereocenters. The third kappa shape index (κ3) is 3.95. The Kier molecular flexibility index (Phi) is 5.70. The predicted octanol–water partition coefficient (Wildman–Crippen LogP) is 3.90. The van der Waals surface area contributed by atoms with Crippen LogP contribution in [0.25, 0.3) is 10.9 Å². The fourth-order valence-electron chi connectivity index (χ4n) is 2.41. The van der Waals surface area contributed by atoms with Gasteiger partial charge in [-0.25, -0.2) is 14.4 Å². The molecule has 0 radical (unpaired) electrons. The van der Waals surface area contributed by atoms with Crippen molar-refractivity contribution in [2.45, 2.75) is 6.42 Å². The fraction of sp³-hybridized carbons (Fsp3) is 0.222. The van der Waals surface area contributed by atoms with Crippen molar-refractivity contribution < 1.29 is 13.9 Å². The average Bonchev–Trinajstić information content (AvgIpc) is 2.65. The van der Waals surface area contributed by atoms with Crippen LogP contribution in [0, 0.1) is 5.82 Å². The molecule has 2 aromatic carbocycles. The Balaban J connectivity index is 1.99. The van der Waals surface area contributed by atoms with Gasteiger partial charge in [-0.1, -0.05) is 11.6 Å². The fourth-order valence-corrected chi connectivity index (χ4v) is 2.59. The molecule has 0 saturated carbocycles. The van der Waals surface area contributed by atoms with Gasteiger partial charge < -0.3 is 20.5 Å². The number of nitrogens with two attached hydrogens (primary N) is 1. The number of nitrogens with zero attached hydrogens (tertiary/aromatic N) is 2. The topological polar surface area (TPSA) is 82.3 Å². The highest BCUT2D eigenvalue weighted by Crippen LogP contribution is 2.35. The second kappa shape index (κ2) is 8.16. The number of methoxy groups -OCH3 is 1. The quantitative estimate of drug-likeness (QED) is 0.608. The zero-order valence-electron chi connectivity index (χ0n) is 14.1. The zero-order valence-corrected chi connectivity index (χ0v) is 14.9. The summed E-state index contributed by atoms with van der Waals surface area (Å²) in [6.45, 7) is 1.01. The Labute approximate surface area is 155 Å². The van der Waals surface area contributed by atoms with Crippen molar-refractivity contribution in [1.82, 2.24) is 9.97 Å². The first kappa shape index (κ1) is 18.2. The number of aromatic nitrogens is 2. The highest BCUT2D eigenvalue weighted by molar-refractivity contribution is 6.31. The number of rotatable bonds is 7. The van der Waals surface area contributed by atoms with Gasteiger partial charge in [0.2, 0.25) is 0 Å². The summed E-state index contributed by atoms with van der Waals surface area (Å²) >= 11 is 5.84. The summed E-state index contributed by atoms with van der Waals surface area (Å²) in [5.74, 6) is 1.21. The number of anilines is 2. The van der Waals surface area contributed by atoms with E-state index in [4.69, 9.17) is 26.8 Å². The van der Waals surface area contributed by atoms with Crippen molar-refractivity contribution in [2.24, 2.45) is 5.73 Å². The summed E-state index contributed by atoms with van der Waals surface area (Å²) in [4.78, 5) is 8.54. The Morgan fingerprint density at radius 2 is 2.04 bits per heavy atom. The van der Waals surface area contributed by atoms with Crippen molar-refractivity contribution in [3.8, 4) is 11.5 Å². The molecular formula is C18H18ClFN4O2. The highest BCUT2D eigenvalue weighted by atomic mass is 35.5. The number of hydrogen-bond acceptors (Lipinski definition) is 6. The van der Waals surface area contributed by atoms with Gasteiger partial charge in [-0.2, -0.15) is 0 Å². The van der Waals surface area contributed by atoms with Gasteiger partial charge in [0.05, 0.1) is 24.3 Å². The van der Waals surface area contributed by atoms with Crippen molar-refractivity contribution in [3.05, 3.63) is 47.5 Å². The number of benzene rings is 2. The molecule has 0 aliphatic heterocycles. The van der Waals surface area contributed by atoms with Crippen LogP contribution in [0.1, 0.15) is 6.42 Å². The van der Waals surface area contributed by atoms with E-state index in [1.54, 1.807) is 25.3 Å². The predicted molar refractivity (Wildman–Crippen MR) is 99.9 cm³/mol. The molecule has 0 aliphatic rings. The van der Waals surface area contributed by atoms with Crippen LogP contribution >= 0.6 is 11.6 Å². The minimum absolute atomic E-state index is 0.0286. The maximum absolute atomic E-state index is 13.3. The van der Waals surface area contributed by atoms with Crippen LogP contribution in [0.5, 0.6) is 11.5 Å². The average molecular weight is 377 g/mol. The molecule has 0 bridgehead atoms. The van der Waals surface area contributed by atoms with E-state index in [2.05, 4.69) is 15.3 Å². The SMILES string of the molecule is COc1cc2ncnc(Nc3ccc(F)c(Cl)c3)c2cc1OCCCN. The number of fused-ring (bicyclic) bond motifs is 1. The summed E-state index contributed by atoms with van der Waals surface area (Å²) in [7, 11) is 1.57. The lowest BCUT2D eigenvalue weighted by Gasteiger charge is -2.14. The van der Waals surface area contributed by atoms with E-state index >= 15 is 0 Å². The van der Waals surface area contributed by atoms with Crippen molar-refractivity contribution in [3.63, 3.8) is 0 Å². The molecule has 3 aromatic rings. The second-order valence-electron chi connectivity index (χ2n) is 5.49. The van der Waals surface area contributed by atoms with E-state index in [1.807, 2.05) is 0 Å². The van der Waals surface area contributed by atoms with E-state index in [0.717, 1.165) is 11.8 Å². The molecule has 0 amide bonds. The van der Waals surface area contributed by atoms with Crippen LogP contribution in [0.3, 0.4) is 0 Å². The second-order valence-corrected chi connectivity index (χ2v) is 5.89.